The van der Waals surface area contributed by atoms with E-state index in [9.17, 15) is 13.2 Å². The number of benzene rings is 2. The van der Waals surface area contributed by atoms with Gasteiger partial charge in [-0.2, -0.15) is 5.10 Å². The largest absolute Gasteiger partial charge is 0.237 e. The van der Waals surface area contributed by atoms with E-state index in [-0.39, 0.29) is 5.69 Å². The Kier molecular flexibility index (Phi) is 3.43. The summed E-state index contributed by atoms with van der Waals surface area (Å²) in [5.74, 6) is -3.28. The summed E-state index contributed by atoms with van der Waals surface area (Å²) in [6, 6.07) is 8.33. The van der Waals surface area contributed by atoms with Gasteiger partial charge in [0.25, 0.3) is 0 Å². The van der Waals surface area contributed by atoms with E-state index in [1.165, 1.54) is 12.4 Å². The average molecular weight is 309 g/mol. The van der Waals surface area contributed by atoms with E-state index < -0.39 is 17.5 Å². The Labute approximate surface area is 123 Å². The Morgan fingerprint density at radius 2 is 1.67 bits per heavy atom. The van der Waals surface area contributed by atoms with Crippen LogP contribution in [0, 0.1) is 17.5 Å². The van der Waals surface area contributed by atoms with Crippen molar-refractivity contribution in [2.75, 3.05) is 0 Å². The van der Waals surface area contributed by atoms with E-state index >= 15 is 0 Å². The van der Waals surface area contributed by atoms with Crippen LogP contribution >= 0.6 is 11.6 Å². The van der Waals surface area contributed by atoms with Gasteiger partial charge in [0.2, 0.25) is 0 Å². The fourth-order valence-corrected chi connectivity index (χ4v) is 2.22. The van der Waals surface area contributed by atoms with Crippen LogP contribution in [0.15, 0.2) is 48.8 Å². The molecule has 1 heterocycles. The Hall–Kier alpha value is -2.27. The Balaban J connectivity index is 2.07. The molecule has 0 saturated heterocycles. The number of hydrogen-bond acceptors (Lipinski definition) is 1. The third kappa shape index (κ3) is 2.52. The van der Waals surface area contributed by atoms with Crippen LogP contribution in [0.25, 0.3) is 16.8 Å². The van der Waals surface area contributed by atoms with Gasteiger partial charge in [0.15, 0.2) is 17.5 Å². The molecule has 0 aliphatic carbocycles. The predicted octanol–water partition coefficient (Wildman–Crippen LogP) is 4.61. The summed E-state index contributed by atoms with van der Waals surface area (Å²) in [6.45, 7) is 0. The van der Waals surface area contributed by atoms with Crippen molar-refractivity contribution < 1.29 is 13.2 Å². The number of rotatable bonds is 2. The van der Waals surface area contributed by atoms with Crippen LogP contribution in [0.1, 0.15) is 0 Å². The zero-order valence-corrected chi connectivity index (χ0v) is 11.3. The van der Waals surface area contributed by atoms with Crippen molar-refractivity contribution in [1.82, 2.24) is 9.78 Å². The van der Waals surface area contributed by atoms with Gasteiger partial charge in [-0.25, -0.2) is 17.9 Å². The van der Waals surface area contributed by atoms with Gasteiger partial charge in [0.1, 0.15) is 5.69 Å². The van der Waals surface area contributed by atoms with Gasteiger partial charge >= 0.3 is 0 Å². The van der Waals surface area contributed by atoms with E-state index in [0.29, 0.717) is 22.2 Å². The second kappa shape index (κ2) is 5.26. The lowest BCUT2D eigenvalue weighted by atomic mass is 10.1. The minimum atomic E-state index is -1.24. The van der Waals surface area contributed by atoms with Crippen molar-refractivity contribution in [3.05, 3.63) is 71.3 Å². The van der Waals surface area contributed by atoms with E-state index in [1.54, 1.807) is 24.3 Å². The topological polar surface area (TPSA) is 17.8 Å². The first-order chi connectivity index (χ1) is 10.1. The number of hydrogen-bond donors (Lipinski definition) is 0. The van der Waals surface area contributed by atoms with Crippen LogP contribution in [0.2, 0.25) is 5.02 Å². The minimum absolute atomic E-state index is 0.174. The van der Waals surface area contributed by atoms with E-state index in [1.807, 2.05) is 0 Å². The van der Waals surface area contributed by atoms with Gasteiger partial charge in [-0.15, -0.1) is 0 Å². The lowest BCUT2D eigenvalue weighted by molar-refractivity contribution is 0.491. The molecular formula is C15H8ClF3N2. The zero-order chi connectivity index (χ0) is 15.0. The van der Waals surface area contributed by atoms with Crippen LogP contribution in [0.3, 0.4) is 0 Å². The molecule has 0 atom stereocenters. The van der Waals surface area contributed by atoms with Crippen molar-refractivity contribution in [2.24, 2.45) is 0 Å². The smallest absolute Gasteiger partial charge is 0.161 e. The first-order valence-corrected chi connectivity index (χ1v) is 6.38. The molecule has 106 valence electrons. The van der Waals surface area contributed by atoms with Crippen LogP contribution in [0.4, 0.5) is 13.2 Å². The van der Waals surface area contributed by atoms with Gasteiger partial charge in [-0.3, -0.25) is 0 Å². The molecule has 3 rings (SSSR count). The molecule has 0 aliphatic heterocycles. The van der Waals surface area contributed by atoms with Gasteiger partial charge in [-0.05, 0) is 6.07 Å². The second-order valence-electron chi connectivity index (χ2n) is 4.37. The maximum atomic E-state index is 13.7. The number of aromatic nitrogens is 2. The highest BCUT2D eigenvalue weighted by Crippen LogP contribution is 2.28. The third-order valence-corrected chi connectivity index (χ3v) is 3.33. The normalized spacial score (nSPS) is 10.9. The van der Waals surface area contributed by atoms with Crippen molar-refractivity contribution in [3.63, 3.8) is 0 Å². The summed E-state index contributed by atoms with van der Waals surface area (Å²) in [7, 11) is 0. The molecule has 2 aromatic carbocycles. The first kappa shape index (κ1) is 13.7. The Morgan fingerprint density at radius 1 is 0.952 bits per heavy atom. The molecule has 0 amide bonds. The summed E-state index contributed by atoms with van der Waals surface area (Å²) in [4.78, 5) is 0. The van der Waals surface area contributed by atoms with Crippen molar-refractivity contribution >= 4 is 11.6 Å². The van der Waals surface area contributed by atoms with Crippen LogP contribution in [-0.4, -0.2) is 9.78 Å². The number of halogens is 4. The summed E-state index contributed by atoms with van der Waals surface area (Å²) < 4.78 is 41.0. The monoisotopic (exact) mass is 308 g/mol. The minimum Gasteiger partial charge on any atom is -0.237 e. The van der Waals surface area contributed by atoms with E-state index in [4.69, 9.17) is 11.6 Å². The predicted molar refractivity (Wildman–Crippen MR) is 73.9 cm³/mol. The molecule has 21 heavy (non-hydrogen) atoms. The van der Waals surface area contributed by atoms with Gasteiger partial charge in [-0.1, -0.05) is 29.8 Å². The maximum absolute atomic E-state index is 13.7. The van der Waals surface area contributed by atoms with Crippen LogP contribution < -0.4 is 0 Å². The van der Waals surface area contributed by atoms with E-state index in [2.05, 4.69) is 5.10 Å². The summed E-state index contributed by atoms with van der Waals surface area (Å²) >= 11 is 6.07. The molecule has 0 saturated carbocycles. The SMILES string of the molecule is Fc1cc(F)c(-n2cc(-c3ccccc3Cl)cn2)cc1F. The molecular weight excluding hydrogens is 301 g/mol. The molecule has 6 heteroatoms. The van der Waals surface area contributed by atoms with Crippen molar-refractivity contribution in [1.29, 1.82) is 0 Å². The Morgan fingerprint density at radius 3 is 2.43 bits per heavy atom. The molecule has 0 unspecified atom stereocenters. The highest BCUT2D eigenvalue weighted by Gasteiger charge is 2.13. The highest BCUT2D eigenvalue weighted by atomic mass is 35.5. The van der Waals surface area contributed by atoms with Crippen molar-refractivity contribution in [2.45, 2.75) is 0 Å². The molecule has 0 aliphatic rings. The lowest BCUT2D eigenvalue weighted by Gasteiger charge is -2.04. The zero-order valence-electron chi connectivity index (χ0n) is 10.5. The Bertz CT molecular complexity index is 814. The second-order valence-corrected chi connectivity index (χ2v) is 4.78. The maximum Gasteiger partial charge on any atom is 0.161 e. The van der Waals surface area contributed by atoms with E-state index in [0.717, 1.165) is 10.7 Å². The molecule has 0 spiro atoms. The lowest BCUT2D eigenvalue weighted by Crippen LogP contribution is -2.00. The average Bonchev–Trinajstić information content (AvgIpc) is 2.92. The highest BCUT2D eigenvalue weighted by molar-refractivity contribution is 6.33. The standard InChI is InChI=1S/C15H8ClF3N2/c16-11-4-2-1-3-10(11)9-7-20-21(8-9)15-6-13(18)12(17)5-14(15)19/h1-8H. The van der Waals surface area contributed by atoms with Gasteiger partial charge in [0, 0.05) is 34.5 Å². The molecule has 0 N–H and O–H groups in total. The molecule has 1 aromatic heterocycles. The summed E-state index contributed by atoms with van der Waals surface area (Å²) in [5, 5.41) is 4.48. The first-order valence-electron chi connectivity index (χ1n) is 6.01. The van der Waals surface area contributed by atoms with Crippen molar-refractivity contribution in [3.8, 4) is 16.8 Å². The molecule has 0 radical (unpaired) electrons. The third-order valence-electron chi connectivity index (χ3n) is 3.00. The van der Waals surface area contributed by atoms with Crippen LogP contribution in [-0.2, 0) is 0 Å². The summed E-state index contributed by atoms with van der Waals surface area (Å²) in [6.07, 6.45) is 2.97. The molecule has 3 aromatic rings. The number of nitrogens with zero attached hydrogens (tertiary/aromatic N) is 2. The van der Waals surface area contributed by atoms with Gasteiger partial charge in [0.05, 0.1) is 6.20 Å². The fraction of sp³-hybridized carbons (Fsp3) is 0. The van der Waals surface area contributed by atoms with Gasteiger partial charge < -0.3 is 0 Å². The fourth-order valence-electron chi connectivity index (χ4n) is 1.98. The molecule has 0 bridgehead atoms. The van der Waals surface area contributed by atoms with Crippen LogP contribution in [0.5, 0.6) is 0 Å². The molecule has 0 fully saturated rings. The summed E-state index contributed by atoms with van der Waals surface area (Å²) in [5.41, 5.74) is 1.19. The quantitative estimate of drug-likeness (QED) is 0.632. The molecule has 2 nitrogen and oxygen atoms in total.